The van der Waals surface area contributed by atoms with Crippen LogP contribution in [0.4, 0.5) is 5.69 Å². The van der Waals surface area contributed by atoms with Crippen molar-refractivity contribution >= 4 is 34.8 Å². The van der Waals surface area contributed by atoms with Crippen LogP contribution in [-0.2, 0) is 4.74 Å². The van der Waals surface area contributed by atoms with E-state index in [-0.39, 0.29) is 12.0 Å². The van der Waals surface area contributed by atoms with Crippen LogP contribution in [0, 0.1) is 0 Å². The van der Waals surface area contributed by atoms with E-state index < -0.39 is 0 Å². The molecule has 0 radical (unpaired) electrons. The third-order valence-electron chi connectivity index (χ3n) is 5.85. The molecule has 0 aliphatic carbocycles. The molecule has 0 N–H and O–H groups in total. The molecule has 2 aromatic rings. The Bertz CT molecular complexity index is 919. The number of ether oxygens (including phenoxy) is 2. The fourth-order valence-corrected chi connectivity index (χ4v) is 4.47. The minimum Gasteiger partial charge on any atom is -0.495 e. The second-order valence-electron chi connectivity index (χ2n) is 7.83. The maximum atomic E-state index is 12.9. The second-order valence-corrected chi connectivity index (χ2v) is 8.65. The molecule has 2 fully saturated rings. The standard InChI is InChI=1S/C23H27Cl2N3O3/c1-30-22-5-3-2-4-21(22)27-10-8-26(9-11-27)15-18-16-28(12-13-31-18)23(29)17-6-7-19(24)20(25)14-17/h2-7,14,18H,8-13,15-16H2,1H3/t18-/m0/s1. The number of amides is 1. The van der Waals surface area contributed by atoms with Gasteiger partial charge in [-0.15, -0.1) is 0 Å². The number of morpholine rings is 1. The summed E-state index contributed by atoms with van der Waals surface area (Å²) in [6.07, 6.45) is -0.00159. The van der Waals surface area contributed by atoms with Gasteiger partial charge in [-0.2, -0.15) is 0 Å². The highest BCUT2D eigenvalue weighted by molar-refractivity contribution is 6.42. The van der Waals surface area contributed by atoms with Crippen LogP contribution in [0.5, 0.6) is 5.75 Å². The number of methoxy groups -OCH3 is 1. The Kier molecular flexibility index (Phi) is 7.23. The summed E-state index contributed by atoms with van der Waals surface area (Å²) >= 11 is 12.1. The number of piperazine rings is 1. The third kappa shape index (κ3) is 5.26. The van der Waals surface area contributed by atoms with Crippen molar-refractivity contribution in [2.75, 3.05) is 64.4 Å². The van der Waals surface area contributed by atoms with E-state index in [1.165, 1.54) is 0 Å². The van der Waals surface area contributed by atoms with Crippen molar-refractivity contribution < 1.29 is 14.3 Å². The fraction of sp³-hybridized carbons (Fsp3) is 0.435. The van der Waals surface area contributed by atoms with Crippen molar-refractivity contribution in [1.29, 1.82) is 0 Å². The summed E-state index contributed by atoms with van der Waals surface area (Å²) in [6.45, 7) is 6.25. The first kappa shape index (κ1) is 22.2. The second kappa shape index (κ2) is 10.1. The van der Waals surface area contributed by atoms with Crippen molar-refractivity contribution in [2.24, 2.45) is 0 Å². The lowest BCUT2D eigenvalue weighted by Crippen LogP contribution is -2.53. The third-order valence-corrected chi connectivity index (χ3v) is 6.59. The van der Waals surface area contributed by atoms with E-state index >= 15 is 0 Å². The Morgan fingerprint density at radius 1 is 1.06 bits per heavy atom. The molecule has 0 saturated carbocycles. The van der Waals surface area contributed by atoms with E-state index in [0.717, 1.165) is 44.2 Å². The number of carbonyl (C=O) groups excluding carboxylic acids is 1. The van der Waals surface area contributed by atoms with Crippen LogP contribution < -0.4 is 9.64 Å². The summed E-state index contributed by atoms with van der Waals surface area (Å²) in [5.41, 5.74) is 1.69. The molecule has 0 aromatic heterocycles. The predicted molar refractivity (Wildman–Crippen MR) is 124 cm³/mol. The summed E-state index contributed by atoms with van der Waals surface area (Å²) in [6, 6.07) is 13.1. The van der Waals surface area contributed by atoms with Gasteiger partial charge in [0.1, 0.15) is 5.75 Å². The minimum atomic E-state index is -0.0344. The molecule has 2 aliphatic heterocycles. The lowest BCUT2D eigenvalue weighted by Gasteiger charge is -2.40. The molecule has 6 nitrogen and oxygen atoms in total. The van der Waals surface area contributed by atoms with Gasteiger partial charge < -0.3 is 19.3 Å². The monoisotopic (exact) mass is 463 g/mol. The van der Waals surface area contributed by atoms with E-state index in [2.05, 4.69) is 15.9 Å². The maximum Gasteiger partial charge on any atom is 0.254 e. The average Bonchev–Trinajstić information content (AvgIpc) is 2.81. The van der Waals surface area contributed by atoms with Gasteiger partial charge in [-0.1, -0.05) is 35.3 Å². The van der Waals surface area contributed by atoms with Crippen LogP contribution in [-0.4, -0.2) is 81.3 Å². The summed E-state index contributed by atoms with van der Waals surface area (Å²) in [7, 11) is 1.71. The SMILES string of the molecule is COc1ccccc1N1CCN(C[C@H]2CN(C(=O)c3ccc(Cl)c(Cl)c3)CCO2)CC1. The lowest BCUT2D eigenvalue weighted by molar-refractivity contribution is -0.0363. The molecule has 2 saturated heterocycles. The van der Waals surface area contributed by atoms with Gasteiger partial charge in [0.2, 0.25) is 0 Å². The van der Waals surface area contributed by atoms with Gasteiger partial charge >= 0.3 is 0 Å². The zero-order valence-corrected chi connectivity index (χ0v) is 19.1. The van der Waals surface area contributed by atoms with Crippen LogP contribution in [0.15, 0.2) is 42.5 Å². The molecule has 1 amide bonds. The lowest BCUT2D eigenvalue weighted by atomic mass is 10.1. The number of rotatable bonds is 5. The molecule has 0 unspecified atom stereocenters. The van der Waals surface area contributed by atoms with Gasteiger partial charge in [0.25, 0.3) is 5.91 Å². The summed E-state index contributed by atoms with van der Waals surface area (Å²) in [5, 5.41) is 0.843. The highest BCUT2D eigenvalue weighted by Gasteiger charge is 2.28. The van der Waals surface area contributed by atoms with Crippen molar-refractivity contribution in [3.8, 4) is 5.75 Å². The van der Waals surface area contributed by atoms with E-state index in [0.29, 0.717) is 35.3 Å². The Morgan fingerprint density at radius 2 is 1.84 bits per heavy atom. The highest BCUT2D eigenvalue weighted by Crippen LogP contribution is 2.28. The number of hydrogen-bond donors (Lipinski definition) is 0. The Hall–Kier alpha value is -1.99. The quantitative estimate of drug-likeness (QED) is 0.676. The molecule has 8 heteroatoms. The number of para-hydroxylation sites is 2. The Balaban J connectivity index is 1.31. The maximum absolute atomic E-state index is 12.9. The Morgan fingerprint density at radius 3 is 2.58 bits per heavy atom. The molecule has 2 aromatic carbocycles. The number of anilines is 1. The molecule has 31 heavy (non-hydrogen) atoms. The predicted octanol–water partition coefficient (Wildman–Crippen LogP) is 3.67. The largest absolute Gasteiger partial charge is 0.495 e. The van der Waals surface area contributed by atoms with Gasteiger partial charge in [-0.3, -0.25) is 9.69 Å². The normalized spacial score (nSPS) is 20.0. The van der Waals surface area contributed by atoms with Crippen molar-refractivity contribution in [3.05, 3.63) is 58.1 Å². The molecule has 0 bridgehead atoms. The number of nitrogens with zero attached hydrogens (tertiary/aromatic N) is 3. The van der Waals surface area contributed by atoms with Crippen LogP contribution in [0.1, 0.15) is 10.4 Å². The number of carbonyl (C=O) groups is 1. The van der Waals surface area contributed by atoms with Gasteiger partial charge in [-0.25, -0.2) is 0 Å². The zero-order valence-electron chi connectivity index (χ0n) is 17.6. The Labute approximate surface area is 193 Å². The smallest absolute Gasteiger partial charge is 0.254 e. The van der Waals surface area contributed by atoms with E-state index in [1.54, 1.807) is 25.3 Å². The summed E-state index contributed by atoms with van der Waals surface area (Å²) in [4.78, 5) is 19.5. The van der Waals surface area contributed by atoms with Crippen molar-refractivity contribution in [3.63, 3.8) is 0 Å². The highest BCUT2D eigenvalue weighted by atomic mass is 35.5. The molecule has 2 heterocycles. The number of hydrogen-bond acceptors (Lipinski definition) is 5. The molecular weight excluding hydrogens is 437 g/mol. The van der Waals surface area contributed by atoms with Crippen molar-refractivity contribution in [2.45, 2.75) is 6.10 Å². The minimum absolute atomic E-state index is 0.00159. The first-order valence-electron chi connectivity index (χ1n) is 10.5. The molecule has 4 rings (SSSR count). The number of halogens is 2. The van der Waals surface area contributed by atoms with Gasteiger partial charge in [0.15, 0.2) is 0 Å². The van der Waals surface area contributed by atoms with E-state index in [1.807, 2.05) is 23.1 Å². The van der Waals surface area contributed by atoms with Crippen molar-refractivity contribution in [1.82, 2.24) is 9.80 Å². The van der Waals surface area contributed by atoms with Crippen LogP contribution in [0.2, 0.25) is 10.0 Å². The zero-order chi connectivity index (χ0) is 21.8. The van der Waals surface area contributed by atoms with Crippen LogP contribution in [0.25, 0.3) is 0 Å². The summed E-state index contributed by atoms with van der Waals surface area (Å²) < 4.78 is 11.5. The molecular formula is C23H27Cl2N3O3. The molecule has 0 spiro atoms. The van der Waals surface area contributed by atoms with E-state index in [9.17, 15) is 4.79 Å². The molecule has 1 atom stereocenters. The van der Waals surface area contributed by atoms with Gasteiger partial charge in [-0.05, 0) is 30.3 Å². The van der Waals surface area contributed by atoms with Gasteiger partial charge in [0.05, 0.1) is 35.6 Å². The first-order chi connectivity index (χ1) is 15.0. The van der Waals surface area contributed by atoms with Crippen LogP contribution in [0.3, 0.4) is 0 Å². The average molecular weight is 464 g/mol. The molecule has 166 valence electrons. The molecule has 2 aliphatic rings. The fourth-order valence-electron chi connectivity index (χ4n) is 4.18. The van der Waals surface area contributed by atoms with E-state index in [4.69, 9.17) is 32.7 Å². The first-order valence-corrected chi connectivity index (χ1v) is 11.3. The number of benzene rings is 2. The van der Waals surface area contributed by atoms with Crippen LogP contribution >= 0.6 is 23.2 Å². The van der Waals surface area contributed by atoms with Gasteiger partial charge in [0, 0.05) is 51.4 Å². The summed E-state index contributed by atoms with van der Waals surface area (Å²) in [5.74, 6) is 0.871. The topological polar surface area (TPSA) is 45.2 Å².